The normalized spacial score (nSPS) is 19.8. The lowest BCUT2D eigenvalue weighted by Crippen LogP contribution is -2.43. The number of aromatic hydroxyl groups is 1. The van der Waals surface area contributed by atoms with E-state index in [-0.39, 0.29) is 12.0 Å². The molecule has 0 aromatic heterocycles. The molecule has 0 spiro atoms. The predicted octanol–water partition coefficient (Wildman–Crippen LogP) is 1.75. The quantitative estimate of drug-likeness (QED) is 0.674. The van der Waals surface area contributed by atoms with Crippen molar-refractivity contribution in [1.29, 1.82) is 0 Å². The second-order valence-electron chi connectivity index (χ2n) is 7.12. The van der Waals surface area contributed by atoms with Crippen LogP contribution in [0.15, 0.2) is 36.4 Å². The molecule has 0 radical (unpaired) electrons. The third-order valence-corrected chi connectivity index (χ3v) is 6.65. The molecule has 3 N–H and O–H groups in total. The monoisotopic (exact) mass is 435 g/mol. The molecular formula is C19H18FN3O6S. The second-order valence-corrected chi connectivity index (χ2v) is 8.71. The van der Waals surface area contributed by atoms with Crippen LogP contribution in [0.1, 0.15) is 17.5 Å². The Morgan fingerprint density at radius 2 is 1.97 bits per heavy atom. The largest absolute Gasteiger partial charge is 0.506 e. The molecule has 1 aliphatic carbocycles. The van der Waals surface area contributed by atoms with E-state index in [1.807, 2.05) is 0 Å². The first-order valence-electron chi connectivity index (χ1n) is 9.12. The number of hydrogen-bond acceptors (Lipinski definition) is 5. The molecule has 158 valence electrons. The van der Waals surface area contributed by atoms with Gasteiger partial charge in [0.2, 0.25) is 0 Å². The van der Waals surface area contributed by atoms with Gasteiger partial charge in [-0.15, -0.1) is 0 Å². The highest BCUT2D eigenvalue weighted by atomic mass is 32.2. The molecule has 0 saturated carbocycles. The molecule has 1 unspecified atom stereocenters. The fraction of sp³-hybridized carbons (Fsp3) is 0.263. The Kier molecular flexibility index (Phi) is 4.77. The molecule has 9 nitrogen and oxygen atoms in total. The van der Waals surface area contributed by atoms with Gasteiger partial charge in [0.15, 0.2) is 5.82 Å². The van der Waals surface area contributed by atoms with E-state index in [0.29, 0.717) is 28.4 Å². The molecule has 0 bridgehead atoms. The van der Waals surface area contributed by atoms with E-state index in [9.17, 15) is 28.2 Å². The molecule has 2 amide bonds. The number of phenolic OH excluding ortho intramolecular Hbond substituents is 1. The van der Waals surface area contributed by atoms with Crippen LogP contribution in [-0.2, 0) is 27.8 Å². The molecule has 11 heteroatoms. The molecule has 1 fully saturated rings. The molecule has 1 aliphatic heterocycles. The zero-order valence-electron chi connectivity index (χ0n) is 15.6. The number of carbonyl (C=O) groups is 2. The maximum absolute atomic E-state index is 15.4. The maximum atomic E-state index is 15.4. The zero-order valence-corrected chi connectivity index (χ0v) is 16.4. The third kappa shape index (κ3) is 3.30. The number of phenols is 1. The van der Waals surface area contributed by atoms with Gasteiger partial charge in [-0.1, -0.05) is 18.2 Å². The van der Waals surface area contributed by atoms with Gasteiger partial charge in [-0.2, -0.15) is 8.42 Å². The van der Waals surface area contributed by atoms with Gasteiger partial charge in [-0.25, -0.2) is 18.2 Å². The van der Waals surface area contributed by atoms with Crippen molar-refractivity contribution in [2.75, 3.05) is 15.7 Å². The Hall–Kier alpha value is -3.34. The number of aryl methyl sites for hydroxylation is 1. The van der Waals surface area contributed by atoms with E-state index in [2.05, 4.69) is 0 Å². The first-order chi connectivity index (χ1) is 14.2. The number of halogens is 1. The van der Waals surface area contributed by atoms with Crippen LogP contribution in [0.25, 0.3) is 0 Å². The van der Waals surface area contributed by atoms with Crippen molar-refractivity contribution in [3.63, 3.8) is 0 Å². The minimum absolute atomic E-state index is 0.00902. The van der Waals surface area contributed by atoms with Crippen LogP contribution < -0.4 is 13.9 Å². The van der Waals surface area contributed by atoms with Crippen molar-refractivity contribution in [3.05, 3.63) is 53.3 Å². The Labute approximate surface area is 171 Å². The van der Waals surface area contributed by atoms with Gasteiger partial charge in [0.25, 0.3) is 5.91 Å². The van der Waals surface area contributed by atoms with Crippen molar-refractivity contribution in [1.82, 2.24) is 4.72 Å². The maximum Gasteiger partial charge on any atom is 0.412 e. The second kappa shape index (κ2) is 7.17. The van der Waals surface area contributed by atoms with Crippen molar-refractivity contribution < 1.29 is 32.6 Å². The molecule has 2 aromatic carbocycles. The van der Waals surface area contributed by atoms with E-state index in [1.54, 1.807) is 35.1 Å². The fourth-order valence-electron chi connectivity index (χ4n) is 3.99. The summed E-state index contributed by atoms with van der Waals surface area (Å²) in [5.74, 6) is -2.42. The number of hydrogen-bond donors (Lipinski definition) is 3. The lowest BCUT2D eigenvalue weighted by atomic mass is 9.86. The van der Waals surface area contributed by atoms with Crippen molar-refractivity contribution >= 4 is 33.6 Å². The van der Waals surface area contributed by atoms with Crippen LogP contribution >= 0.6 is 0 Å². The smallest absolute Gasteiger partial charge is 0.412 e. The number of anilines is 2. The number of carbonyl (C=O) groups excluding carboxylic acids is 1. The Bertz CT molecular complexity index is 1140. The Morgan fingerprint density at radius 3 is 2.57 bits per heavy atom. The van der Waals surface area contributed by atoms with Crippen LogP contribution in [0.3, 0.4) is 0 Å². The number of rotatable bonds is 3. The van der Waals surface area contributed by atoms with Gasteiger partial charge in [-0.3, -0.25) is 9.69 Å². The average Bonchev–Trinajstić information content (AvgIpc) is 2.95. The fourth-order valence-corrected chi connectivity index (χ4v) is 5.15. The molecule has 1 heterocycles. The standard InChI is InChI=1S/C19H18FN3O6S/c20-17-14-9-13(23(19(26)27)12-4-2-1-3-5-12)7-6-11(14)8-15(24)18(17)22-10-16(25)21-30(22,28)29/h1-5,8,13,24H,6-7,9-10H2,(H,21,25)(H,26,27). The van der Waals surface area contributed by atoms with E-state index in [4.69, 9.17) is 0 Å². The van der Waals surface area contributed by atoms with E-state index in [0.717, 1.165) is 4.90 Å². The lowest BCUT2D eigenvalue weighted by Gasteiger charge is -2.34. The molecule has 2 aromatic rings. The average molecular weight is 435 g/mol. The van der Waals surface area contributed by atoms with Crippen molar-refractivity contribution in [2.45, 2.75) is 25.3 Å². The van der Waals surface area contributed by atoms with Crippen LogP contribution in [0.2, 0.25) is 0 Å². The SMILES string of the molecule is O=C1CN(c2c(O)cc3c(c2F)CC(N(C(=O)O)c2ccccc2)CC3)S(=O)(=O)N1. The number of benzene rings is 2. The molecule has 4 rings (SSSR count). The number of para-hydroxylation sites is 1. The van der Waals surface area contributed by atoms with Gasteiger partial charge in [0.1, 0.15) is 18.0 Å². The van der Waals surface area contributed by atoms with Gasteiger partial charge in [0, 0.05) is 11.7 Å². The first-order valence-corrected chi connectivity index (χ1v) is 10.6. The third-order valence-electron chi connectivity index (χ3n) is 5.28. The summed E-state index contributed by atoms with van der Waals surface area (Å²) >= 11 is 0. The van der Waals surface area contributed by atoms with Crippen molar-refractivity contribution in [2.24, 2.45) is 0 Å². The summed E-state index contributed by atoms with van der Waals surface area (Å²) in [7, 11) is -4.32. The minimum atomic E-state index is -4.32. The number of carboxylic acid groups (broad SMARTS) is 1. The number of amides is 2. The minimum Gasteiger partial charge on any atom is -0.506 e. The van der Waals surface area contributed by atoms with Crippen LogP contribution in [0.4, 0.5) is 20.6 Å². The van der Waals surface area contributed by atoms with Crippen LogP contribution in [0, 0.1) is 5.82 Å². The van der Waals surface area contributed by atoms with E-state index >= 15 is 4.39 Å². The van der Waals surface area contributed by atoms with Gasteiger partial charge in [-0.05, 0) is 48.6 Å². The van der Waals surface area contributed by atoms with Crippen LogP contribution in [-0.4, -0.2) is 43.2 Å². The number of nitrogens with one attached hydrogen (secondary N) is 1. The number of nitrogens with zero attached hydrogens (tertiary/aromatic N) is 2. The summed E-state index contributed by atoms with van der Waals surface area (Å²) in [5.41, 5.74) is 0.416. The van der Waals surface area contributed by atoms with Gasteiger partial charge < -0.3 is 10.2 Å². The molecule has 1 atom stereocenters. The van der Waals surface area contributed by atoms with E-state index < -0.39 is 52.1 Å². The summed E-state index contributed by atoms with van der Waals surface area (Å²) in [6, 6.07) is 9.10. The summed E-state index contributed by atoms with van der Waals surface area (Å²) in [6.07, 6.45) is -0.504. The highest BCUT2D eigenvalue weighted by molar-refractivity contribution is 7.92. The highest BCUT2D eigenvalue weighted by Gasteiger charge is 2.40. The molecule has 2 aliphatic rings. The van der Waals surface area contributed by atoms with Gasteiger partial charge >= 0.3 is 16.3 Å². The molecule has 30 heavy (non-hydrogen) atoms. The topological polar surface area (TPSA) is 127 Å². The number of fused-ring (bicyclic) bond motifs is 1. The zero-order chi connectivity index (χ0) is 21.6. The van der Waals surface area contributed by atoms with Crippen molar-refractivity contribution in [3.8, 4) is 5.75 Å². The molecular weight excluding hydrogens is 417 g/mol. The highest BCUT2D eigenvalue weighted by Crippen LogP contribution is 2.40. The summed E-state index contributed by atoms with van der Waals surface area (Å²) < 4.78 is 41.9. The predicted molar refractivity (Wildman–Crippen MR) is 105 cm³/mol. The van der Waals surface area contributed by atoms with E-state index in [1.165, 1.54) is 6.07 Å². The van der Waals surface area contributed by atoms with Gasteiger partial charge in [0.05, 0.1) is 0 Å². The Balaban J connectivity index is 1.75. The summed E-state index contributed by atoms with van der Waals surface area (Å²) in [6.45, 7) is -0.652. The Morgan fingerprint density at radius 1 is 1.27 bits per heavy atom. The lowest BCUT2D eigenvalue weighted by molar-refractivity contribution is -0.117. The first kappa shape index (κ1) is 20.0. The van der Waals surface area contributed by atoms with Crippen LogP contribution in [0.5, 0.6) is 5.75 Å². The molecule has 1 saturated heterocycles. The summed E-state index contributed by atoms with van der Waals surface area (Å²) in [4.78, 5) is 24.6. The summed E-state index contributed by atoms with van der Waals surface area (Å²) in [5, 5.41) is 20.0.